The summed E-state index contributed by atoms with van der Waals surface area (Å²) in [4.78, 5) is 0. The van der Waals surface area contributed by atoms with E-state index in [2.05, 4.69) is 0 Å². The number of hydrogen-bond acceptors (Lipinski definition) is 0. The average molecular weight is 240 g/mol. The smallest absolute Gasteiger partial charge is 0.134 e. The van der Waals surface area contributed by atoms with Gasteiger partial charge in [0.15, 0.2) is 0 Å². The van der Waals surface area contributed by atoms with Crippen LogP contribution in [0.5, 0.6) is 0 Å². The van der Waals surface area contributed by atoms with Gasteiger partial charge >= 0.3 is 0 Å². The molecule has 0 amide bonds. The van der Waals surface area contributed by atoms with Crippen LogP contribution < -0.4 is 0 Å². The number of halogens is 4. The number of hydrogen-bond donors (Lipinski definition) is 0. The third kappa shape index (κ3) is 2.16. The minimum atomic E-state index is -0.910. The molecule has 0 bridgehead atoms. The molecule has 2 aromatic rings. The monoisotopic (exact) mass is 240 g/mol. The van der Waals surface area contributed by atoms with E-state index in [9.17, 15) is 17.6 Å². The van der Waals surface area contributed by atoms with Crippen molar-refractivity contribution in [3.63, 3.8) is 0 Å². The highest BCUT2D eigenvalue weighted by Crippen LogP contribution is 2.29. The molecule has 0 N–H and O–H groups in total. The Bertz CT molecular complexity index is 553. The molecule has 0 radical (unpaired) electrons. The van der Waals surface area contributed by atoms with Crippen molar-refractivity contribution in [1.29, 1.82) is 0 Å². The van der Waals surface area contributed by atoms with Crippen LogP contribution in [-0.2, 0) is 0 Å². The maximum absolute atomic E-state index is 13.6. The fourth-order valence-electron chi connectivity index (χ4n) is 1.65. The van der Waals surface area contributed by atoms with E-state index in [1.807, 2.05) is 0 Å². The Morgan fingerprint density at radius 3 is 1.94 bits per heavy atom. The van der Waals surface area contributed by atoms with Crippen LogP contribution in [0.25, 0.3) is 11.1 Å². The first-order chi connectivity index (χ1) is 7.99. The van der Waals surface area contributed by atoms with E-state index in [1.165, 1.54) is 6.92 Å². The minimum absolute atomic E-state index is 0.376. The molecule has 0 saturated carbocycles. The highest BCUT2D eigenvalue weighted by atomic mass is 19.1. The van der Waals surface area contributed by atoms with Crippen molar-refractivity contribution in [3.05, 3.63) is 59.2 Å². The van der Waals surface area contributed by atoms with E-state index in [0.29, 0.717) is 5.56 Å². The lowest BCUT2D eigenvalue weighted by Crippen LogP contribution is -1.95. The van der Waals surface area contributed by atoms with Gasteiger partial charge in [0, 0.05) is 5.56 Å². The molecule has 4 heteroatoms. The van der Waals surface area contributed by atoms with Crippen LogP contribution in [0.4, 0.5) is 17.6 Å². The maximum Gasteiger partial charge on any atom is 0.134 e. The van der Waals surface area contributed by atoms with Crippen molar-refractivity contribution >= 4 is 0 Å². The van der Waals surface area contributed by atoms with Gasteiger partial charge in [0.1, 0.15) is 23.3 Å². The number of benzene rings is 2. The van der Waals surface area contributed by atoms with Crippen LogP contribution in [0, 0.1) is 30.2 Å². The van der Waals surface area contributed by atoms with Gasteiger partial charge in [0.05, 0.1) is 5.56 Å². The molecule has 0 spiro atoms. The van der Waals surface area contributed by atoms with E-state index in [1.54, 1.807) is 0 Å². The van der Waals surface area contributed by atoms with Crippen LogP contribution in [-0.4, -0.2) is 0 Å². The molecule has 0 nitrogen and oxygen atoms in total. The topological polar surface area (TPSA) is 0 Å². The lowest BCUT2D eigenvalue weighted by molar-refractivity contribution is 0.575. The Labute approximate surface area is 95.5 Å². The molecule has 0 aliphatic rings. The standard InChI is InChI=1S/C13H8F4/c1-7-4-11(16)13(12(17)5-7)9-6-8(14)2-3-10(9)15/h2-6H,1H3. The van der Waals surface area contributed by atoms with Gasteiger partial charge in [-0.3, -0.25) is 0 Å². The fourth-order valence-corrected chi connectivity index (χ4v) is 1.65. The van der Waals surface area contributed by atoms with Crippen molar-refractivity contribution in [3.8, 4) is 11.1 Å². The molecule has 0 atom stereocenters. The molecule has 0 unspecified atom stereocenters. The second-order valence-corrected chi connectivity index (χ2v) is 3.73. The summed E-state index contributed by atoms with van der Waals surface area (Å²) in [5.74, 6) is -3.44. The Kier molecular flexibility index (Phi) is 2.88. The zero-order chi connectivity index (χ0) is 12.6. The van der Waals surface area contributed by atoms with Crippen LogP contribution in [0.3, 0.4) is 0 Å². The summed E-state index contributed by atoms with van der Waals surface area (Å²) < 4.78 is 53.5. The van der Waals surface area contributed by atoms with Crippen molar-refractivity contribution < 1.29 is 17.6 Å². The second-order valence-electron chi connectivity index (χ2n) is 3.73. The summed E-state index contributed by atoms with van der Waals surface area (Å²) in [6, 6.07) is 4.64. The maximum atomic E-state index is 13.6. The van der Waals surface area contributed by atoms with Crippen molar-refractivity contribution in [2.24, 2.45) is 0 Å². The van der Waals surface area contributed by atoms with Gasteiger partial charge in [-0.05, 0) is 42.8 Å². The summed E-state index contributed by atoms with van der Waals surface area (Å²) in [6.07, 6.45) is 0. The van der Waals surface area contributed by atoms with Crippen LogP contribution in [0.15, 0.2) is 30.3 Å². The van der Waals surface area contributed by atoms with Gasteiger partial charge in [0.2, 0.25) is 0 Å². The zero-order valence-corrected chi connectivity index (χ0v) is 8.90. The van der Waals surface area contributed by atoms with E-state index in [4.69, 9.17) is 0 Å². The molecule has 2 aromatic carbocycles. The third-order valence-corrected chi connectivity index (χ3v) is 2.38. The van der Waals surface area contributed by atoms with Gasteiger partial charge < -0.3 is 0 Å². The molecule has 0 saturated heterocycles. The largest absolute Gasteiger partial charge is 0.207 e. The van der Waals surface area contributed by atoms with E-state index in [0.717, 1.165) is 30.3 Å². The molecular formula is C13H8F4. The van der Waals surface area contributed by atoms with E-state index < -0.39 is 34.4 Å². The molecule has 0 aliphatic heterocycles. The average Bonchev–Trinajstić information content (AvgIpc) is 2.21. The van der Waals surface area contributed by atoms with Crippen molar-refractivity contribution in [2.75, 3.05) is 0 Å². The first-order valence-electron chi connectivity index (χ1n) is 4.90. The summed E-state index contributed by atoms with van der Waals surface area (Å²) in [7, 11) is 0. The van der Waals surface area contributed by atoms with E-state index >= 15 is 0 Å². The fraction of sp³-hybridized carbons (Fsp3) is 0.0769. The lowest BCUT2D eigenvalue weighted by atomic mass is 10.0. The highest BCUT2D eigenvalue weighted by molar-refractivity contribution is 5.66. The summed E-state index contributed by atoms with van der Waals surface area (Å²) in [6.45, 7) is 1.51. The highest BCUT2D eigenvalue weighted by Gasteiger charge is 2.16. The van der Waals surface area contributed by atoms with Crippen LogP contribution >= 0.6 is 0 Å². The zero-order valence-electron chi connectivity index (χ0n) is 8.90. The predicted octanol–water partition coefficient (Wildman–Crippen LogP) is 4.22. The number of aryl methyl sites for hydroxylation is 1. The molecule has 0 aliphatic carbocycles. The van der Waals surface area contributed by atoms with Crippen molar-refractivity contribution in [1.82, 2.24) is 0 Å². The summed E-state index contributed by atoms with van der Waals surface area (Å²) in [5, 5.41) is 0. The first kappa shape index (κ1) is 11.6. The van der Waals surface area contributed by atoms with Gasteiger partial charge in [-0.25, -0.2) is 17.6 Å². The Balaban J connectivity index is 2.72. The third-order valence-electron chi connectivity index (χ3n) is 2.38. The lowest BCUT2D eigenvalue weighted by Gasteiger charge is -2.07. The minimum Gasteiger partial charge on any atom is -0.207 e. The normalized spacial score (nSPS) is 10.6. The quantitative estimate of drug-likeness (QED) is 0.655. The van der Waals surface area contributed by atoms with E-state index in [-0.39, 0.29) is 0 Å². The van der Waals surface area contributed by atoms with Gasteiger partial charge in [-0.1, -0.05) is 0 Å². The van der Waals surface area contributed by atoms with Gasteiger partial charge in [-0.15, -0.1) is 0 Å². The molecular weight excluding hydrogens is 232 g/mol. The van der Waals surface area contributed by atoms with Crippen LogP contribution in [0.2, 0.25) is 0 Å². The van der Waals surface area contributed by atoms with Gasteiger partial charge in [-0.2, -0.15) is 0 Å². The number of rotatable bonds is 1. The van der Waals surface area contributed by atoms with Crippen LogP contribution in [0.1, 0.15) is 5.56 Å². The van der Waals surface area contributed by atoms with Crippen molar-refractivity contribution in [2.45, 2.75) is 6.92 Å². The molecule has 0 heterocycles. The first-order valence-corrected chi connectivity index (χ1v) is 4.90. The molecule has 17 heavy (non-hydrogen) atoms. The Hall–Kier alpha value is -1.84. The molecule has 2 rings (SSSR count). The molecule has 0 fully saturated rings. The van der Waals surface area contributed by atoms with Gasteiger partial charge in [0.25, 0.3) is 0 Å². The summed E-state index contributed by atoms with van der Waals surface area (Å²) >= 11 is 0. The summed E-state index contributed by atoms with van der Waals surface area (Å²) in [5.41, 5.74) is -0.590. The molecule has 88 valence electrons. The second kappa shape index (κ2) is 4.20. The Morgan fingerprint density at radius 1 is 0.765 bits per heavy atom. The molecule has 0 aromatic heterocycles. The Morgan fingerprint density at radius 2 is 1.35 bits per heavy atom. The SMILES string of the molecule is Cc1cc(F)c(-c2cc(F)ccc2F)c(F)c1. The predicted molar refractivity (Wildman–Crippen MR) is 56.4 cm³/mol.